The average molecular weight is 439 g/mol. The summed E-state index contributed by atoms with van der Waals surface area (Å²) in [5, 5.41) is 30.3. The number of aliphatic hydroxyl groups is 2. The highest BCUT2D eigenvalue weighted by atomic mass is 79.9. The Bertz CT molecular complexity index is 621. The molecule has 0 aliphatic heterocycles. The van der Waals surface area contributed by atoms with E-state index >= 15 is 0 Å². The predicted octanol–water partition coefficient (Wildman–Crippen LogP) is -1.86. The van der Waals surface area contributed by atoms with Gasteiger partial charge in [-0.15, -0.1) is 0 Å². The molecule has 0 radical (unpaired) electrons. The van der Waals surface area contributed by atoms with Gasteiger partial charge in [0.1, 0.15) is 6.54 Å². The van der Waals surface area contributed by atoms with Crippen LogP contribution >= 0.6 is 0 Å². The molecule has 0 amide bonds. The number of carboxylic acids is 1. The number of hydrogen-bond donors (Lipinski definition) is 2. The second-order valence-electron chi connectivity index (χ2n) is 6.43. The van der Waals surface area contributed by atoms with Crippen LogP contribution in [0.15, 0.2) is 60.7 Å². The first-order valence-electron chi connectivity index (χ1n) is 8.83. The summed E-state index contributed by atoms with van der Waals surface area (Å²) in [6, 6.07) is 16.4. The maximum absolute atomic E-state index is 11.3. The third kappa shape index (κ3) is 6.74. The molecule has 5 nitrogen and oxygen atoms in total. The van der Waals surface area contributed by atoms with E-state index in [1.165, 1.54) is 0 Å². The Balaban J connectivity index is 0.000000584. The minimum Gasteiger partial charge on any atom is -1.00 e. The Morgan fingerprint density at radius 2 is 1.33 bits per heavy atom. The molecule has 0 saturated carbocycles. The van der Waals surface area contributed by atoms with Gasteiger partial charge in [-0.25, -0.2) is 0 Å². The first-order chi connectivity index (χ1) is 12.3. The van der Waals surface area contributed by atoms with E-state index in [0.717, 1.165) is 24.1 Å². The molecule has 0 spiro atoms. The maximum atomic E-state index is 11.3. The fourth-order valence-electron chi connectivity index (χ4n) is 2.54. The van der Waals surface area contributed by atoms with Gasteiger partial charge in [-0.2, -0.15) is 0 Å². The number of nitrogens with zero attached hydrogens (tertiary/aromatic N) is 1. The summed E-state index contributed by atoms with van der Waals surface area (Å²) in [5.41, 5.74) is -1.54. The number of hydrogen-bond acceptors (Lipinski definition) is 4. The number of carboxylic acid groups (broad SMARTS) is 1. The fourth-order valence-corrected chi connectivity index (χ4v) is 2.54. The highest BCUT2D eigenvalue weighted by molar-refractivity contribution is 5.81. The lowest BCUT2D eigenvalue weighted by atomic mass is 9.86. The SMILES string of the molecule is CC[N+](C)(CC)CCO.O=C([O-])C(O)(c1ccccc1)c1ccccc1.[Br-]. The molecule has 0 unspecified atom stereocenters. The Morgan fingerprint density at radius 3 is 1.56 bits per heavy atom. The van der Waals surface area contributed by atoms with Crippen molar-refractivity contribution in [1.82, 2.24) is 0 Å². The van der Waals surface area contributed by atoms with Crippen LogP contribution in [-0.4, -0.2) is 54.0 Å². The van der Waals surface area contributed by atoms with Crippen molar-refractivity contribution in [2.75, 3.05) is 33.3 Å². The molecule has 0 bridgehead atoms. The largest absolute Gasteiger partial charge is 1.00 e. The van der Waals surface area contributed by atoms with Crippen LogP contribution in [0, 0.1) is 0 Å². The molecule has 2 N–H and O–H groups in total. The number of carbonyl (C=O) groups excluding carboxylic acids is 1. The number of carbonyl (C=O) groups is 1. The molecule has 0 aromatic heterocycles. The number of aliphatic hydroxyl groups excluding tert-OH is 1. The Morgan fingerprint density at radius 1 is 0.963 bits per heavy atom. The molecule has 6 heteroatoms. The Kier molecular flexibility index (Phi) is 11.1. The van der Waals surface area contributed by atoms with Crippen LogP contribution in [0.4, 0.5) is 0 Å². The van der Waals surface area contributed by atoms with Gasteiger partial charge in [0.25, 0.3) is 0 Å². The van der Waals surface area contributed by atoms with Crippen molar-refractivity contribution in [3.8, 4) is 0 Å². The van der Waals surface area contributed by atoms with Gasteiger partial charge in [-0.3, -0.25) is 0 Å². The van der Waals surface area contributed by atoms with Crippen molar-refractivity contribution in [2.45, 2.75) is 19.4 Å². The zero-order chi connectivity index (χ0) is 19.6. The maximum Gasteiger partial charge on any atom is 0.154 e. The van der Waals surface area contributed by atoms with E-state index in [1.54, 1.807) is 60.7 Å². The molecule has 0 aliphatic carbocycles. The summed E-state index contributed by atoms with van der Waals surface area (Å²) in [4.78, 5) is 11.3. The summed E-state index contributed by atoms with van der Waals surface area (Å²) >= 11 is 0. The molecule has 150 valence electrons. The van der Waals surface area contributed by atoms with E-state index < -0.39 is 11.6 Å². The number of aliphatic carboxylic acids is 1. The van der Waals surface area contributed by atoms with E-state index in [0.29, 0.717) is 6.61 Å². The Hall–Kier alpha value is -1.73. The summed E-state index contributed by atoms with van der Waals surface area (Å²) in [5.74, 6) is -1.53. The van der Waals surface area contributed by atoms with E-state index in [1.807, 2.05) is 0 Å². The van der Waals surface area contributed by atoms with Crippen LogP contribution in [0.25, 0.3) is 0 Å². The van der Waals surface area contributed by atoms with Gasteiger partial charge in [0.05, 0.1) is 32.7 Å². The van der Waals surface area contributed by atoms with Crippen molar-refractivity contribution in [3.05, 3.63) is 71.8 Å². The minimum atomic E-state index is -2.11. The topological polar surface area (TPSA) is 80.6 Å². The molecule has 0 aliphatic rings. The monoisotopic (exact) mass is 438 g/mol. The van der Waals surface area contributed by atoms with Gasteiger partial charge in [-0.1, -0.05) is 60.7 Å². The van der Waals surface area contributed by atoms with Crippen LogP contribution in [0.3, 0.4) is 0 Å². The molecule has 0 fully saturated rings. The average Bonchev–Trinajstić information content (AvgIpc) is 2.69. The molecule has 2 aromatic carbocycles. The first-order valence-corrected chi connectivity index (χ1v) is 8.83. The van der Waals surface area contributed by atoms with Crippen LogP contribution in [0.1, 0.15) is 25.0 Å². The second-order valence-corrected chi connectivity index (χ2v) is 6.43. The molecule has 0 heterocycles. The minimum absolute atomic E-state index is 0. The van der Waals surface area contributed by atoms with E-state index in [4.69, 9.17) is 5.11 Å². The van der Waals surface area contributed by atoms with Crippen molar-refractivity contribution in [2.24, 2.45) is 0 Å². The lowest BCUT2D eigenvalue weighted by molar-refractivity contribution is -0.906. The van der Waals surface area contributed by atoms with Gasteiger partial charge in [0.2, 0.25) is 0 Å². The molecule has 0 saturated heterocycles. The standard InChI is InChI=1S/C14H12O3.C7H18NO.BrH/c15-13(16)14(17,11-7-3-1-4-8-11)12-9-5-2-6-10-12;1-4-8(3,5-2)6-7-9;/h1-10,17H,(H,15,16);9H,4-7H2,1-3H3;1H/q;+1;/p-2. The van der Waals surface area contributed by atoms with E-state index in [-0.39, 0.29) is 28.1 Å². The molecule has 2 rings (SSSR count). The van der Waals surface area contributed by atoms with Gasteiger partial charge in [0.15, 0.2) is 5.60 Å². The van der Waals surface area contributed by atoms with Crippen LogP contribution in [-0.2, 0) is 10.4 Å². The summed E-state index contributed by atoms with van der Waals surface area (Å²) in [6.45, 7) is 7.71. The van der Waals surface area contributed by atoms with Crippen molar-refractivity contribution < 1.29 is 41.6 Å². The number of halogens is 1. The van der Waals surface area contributed by atoms with E-state index in [2.05, 4.69) is 20.9 Å². The van der Waals surface area contributed by atoms with Gasteiger partial charge in [0, 0.05) is 0 Å². The number of benzene rings is 2. The van der Waals surface area contributed by atoms with Gasteiger partial charge in [-0.05, 0) is 25.0 Å². The lowest BCUT2D eigenvalue weighted by Crippen LogP contribution is -3.00. The molecular weight excluding hydrogens is 410 g/mol. The third-order valence-electron chi connectivity index (χ3n) is 4.85. The van der Waals surface area contributed by atoms with Gasteiger partial charge < -0.3 is 41.6 Å². The summed E-state index contributed by atoms with van der Waals surface area (Å²) < 4.78 is 0.983. The summed E-state index contributed by atoms with van der Waals surface area (Å²) in [7, 11) is 2.16. The quantitative estimate of drug-likeness (QED) is 0.496. The molecule has 27 heavy (non-hydrogen) atoms. The third-order valence-corrected chi connectivity index (χ3v) is 4.85. The van der Waals surface area contributed by atoms with E-state index in [9.17, 15) is 15.0 Å². The molecule has 0 atom stereocenters. The summed E-state index contributed by atoms with van der Waals surface area (Å²) in [6.07, 6.45) is 0. The fraction of sp³-hybridized carbons (Fsp3) is 0.381. The highest BCUT2D eigenvalue weighted by Gasteiger charge is 2.32. The molecule has 2 aromatic rings. The molecular formula is C21H29BrNO4-. The number of likely N-dealkylation sites (N-methyl/N-ethyl adjacent to an activating group) is 1. The number of quaternary nitrogens is 1. The van der Waals surface area contributed by atoms with Crippen LogP contribution in [0.2, 0.25) is 0 Å². The Labute approximate surface area is 172 Å². The first kappa shape index (κ1) is 25.3. The van der Waals surface area contributed by atoms with Crippen molar-refractivity contribution >= 4 is 5.97 Å². The zero-order valence-corrected chi connectivity index (χ0v) is 17.7. The van der Waals surface area contributed by atoms with Crippen molar-refractivity contribution in [1.29, 1.82) is 0 Å². The lowest BCUT2D eigenvalue weighted by Gasteiger charge is -2.31. The van der Waals surface area contributed by atoms with Gasteiger partial charge >= 0.3 is 0 Å². The smallest absolute Gasteiger partial charge is 0.154 e. The second kappa shape index (κ2) is 11.9. The normalized spacial score (nSPS) is 11.0. The predicted molar refractivity (Wildman–Crippen MR) is 100 cm³/mol. The zero-order valence-electron chi connectivity index (χ0n) is 16.1. The highest BCUT2D eigenvalue weighted by Crippen LogP contribution is 2.28. The van der Waals surface area contributed by atoms with Crippen molar-refractivity contribution in [3.63, 3.8) is 0 Å². The van der Waals surface area contributed by atoms with Crippen LogP contribution < -0.4 is 22.1 Å². The number of rotatable bonds is 7. The van der Waals surface area contributed by atoms with Crippen LogP contribution in [0.5, 0.6) is 0 Å².